The van der Waals surface area contributed by atoms with Gasteiger partial charge in [-0.25, -0.2) is 13.1 Å². The van der Waals surface area contributed by atoms with Crippen LogP contribution in [-0.4, -0.2) is 63.2 Å². The molecule has 0 spiro atoms. The first-order chi connectivity index (χ1) is 18.2. The van der Waals surface area contributed by atoms with Gasteiger partial charge in [-0.1, -0.05) is 18.2 Å². The Morgan fingerprint density at radius 1 is 1.13 bits per heavy atom. The monoisotopic (exact) mass is 555 g/mol. The molecular weight excluding hydrogens is 522 g/mol. The minimum Gasteiger partial charge on any atom is -0.390 e. The Balaban J connectivity index is 1.56. The molecule has 2 heterocycles. The number of ether oxygens (including phenoxy) is 1. The van der Waals surface area contributed by atoms with E-state index < -0.39 is 28.3 Å². The summed E-state index contributed by atoms with van der Waals surface area (Å²) in [5, 5.41) is 31.9. The molecule has 202 valence electrons. The van der Waals surface area contributed by atoms with E-state index in [1.54, 1.807) is 6.92 Å². The standard InChI is InChI=1S/C28H33N3O5S2/c1-4-31(5-2)22-9-8-19-14-21(7-6-20(19)15-22)26-11-10-25(37-26)18(3)27(16-29)38(34,35)30-17-24-28(33)23(32)12-13-36-24/h6-11,14-15,23-24,28,30,32-33H,4-5,12-13,17H2,1-3H3/b27-18+/t23-,24-,28+/m1/s1. The molecular formula is C28H33N3O5S2. The van der Waals surface area contributed by atoms with E-state index in [0.29, 0.717) is 10.5 Å². The normalized spacial score (nSPS) is 20.7. The lowest BCUT2D eigenvalue weighted by Crippen LogP contribution is -2.49. The predicted octanol–water partition coefficient (Wildman–Crippen LogP) is 4.10. The van der Waals surface area contributed by atoms with Gasteiger partial charge in [0.05, 0.1) is 12.2 Å². The van der Waals surface area contributed by atoms with Crippen LogP contribution in [0.1, 0.15) is 32.1 Å². The number of rotatable bonds is 9. The Hall–Kier alpha value is -2.78. The molecule has 1 aliphatic rings. The molecule has 3 aromatic rings. The molecule has 38 heavy (non-hydrogen) atoms. The van der Waals surface area contributed by atoms with E-state index in [1.165, 1.54) is 17.0 Å². The number of benzene rings is 2. The van der Waals surface area contributed by atoms with Crippen LogP contribution in [0.15, 0.2) is 53.4 Å². The molecule has 1 fully saturated rings. The summed E-state index contributed by atoms with van der Waals surface area (Å²) < 4.78 is 33.7. The van der Waals surface area contributed by atoms with Crippen molar-refractivity contribution in [1.29, 1.82) is 5.26 Å². The molecule has 1 aliphatic heterocycles. The fraction of sp³-hybridized carbons (Fsp3) is 0.393. The van der Waals surface area contributed by atoms with E-state index >= 15 is 0 Å². The van der Waals surface area contributed by atoms with Crippen molar-refractivity contribution < 1.29 is 23.4 Å². The number of allylic oxidation sites excluding steroid dienone is 2. The smallest absolute Gasteiger partial charge is 0.251 e. The van der Waals surface area contributed by atoms with Crippen molar-refractivity contribution >= 4 is 43.4 Å². The predicted molar refractivity (Wildman–Crippen MR) is 152 cm³/mol. The summed E-state index contributed by atoms with van der Waals surface area (Å²) in [6.07, 6.45) is -2.79. The second-order valence-electron chi connectivity index (χ2n) is 9.26. The Labute approximate surface area is 227 Å². The lowest BCUT2D eigenvalue weighted by Gasteiger charge is -2.31. The summed E-state index contributed by atoms with van der Waals surface area (Å²) in [5.41, 5.74) is 2.54. The third-order valence-corrected chi connectivity index (χ3v) is 9.65. The van der Waals surface area contributed by atoms with Gasteiger partial charge in [0, 0.05) is 41.7 Å². The maximum absolute atomic E-state index is 13.0. The fourth-order valence-electron chi connectivity index (χ4n) is 4.62. The van der Waals surface area contributed by atoms with Crippen molar-refractivity contribution in [3.05, 3.63) is 58.3 Å². The van der Waals surface area contributed by atoms with Crippen LogP contribution < -0.4 is 9.62 Å². The summed E-state index contributed by atoms with van der Waals surface area (Å²) in [4.78, 5) is 3.55. The van der Waals surface area contributed by atoms with E-state index in [4.69, 9.17) is 4.74 Å². The van der Waals surface area contributed by atoms with E-state index in [-0.39, 0.29) is 24.5 Å². The van der Waals surface area contributed by atoms with Gasteiger partial charge in [0.15, 0.2) is 4.91 Å². The van der Waals surface area contributed by atoms with Crippen molar-refractivity contribution in [2.45, 2.75) is 45.5 Å². The molecule has 4 rings (SSSR count). The Kier molecular flexibility index (Phi) is 8.88. The van der Waals surface area contributed by atoms with E-state index in [1.807, 2.05) is 18.2 Å². The first kappa shape index (κ1) is 28.2. The van der Waals surface area contributed by atoms with Crippen molar-refractivity contribution in [1.82, 2.24) is 4.72 Å². The van der Waals surface area contributed by atoms with Gasteiger partial charge in [0.25, 0.3) is 10.0 Å². The van der Waals surface area contributed by atoms with Crippen molar-refractivity contribution in [3.8, 4) is 16.5 Å². The van der Waals surface area contributed by atoms with E-state index in [0.717, 1.165) is 34.3 Å². The van der Waals surface area contributed by atoms with E-state index in [2.05, 4.69) is 59.9 Å². The zero-order valence-corrected chi connectivity index (χ0v) is 23.3. The minimum atomic E-state index is -4.16. The highest BCUT2D eigenvalue weighted by Crippen LogP contribution is 2.35. The van der Waals surface area contributed by atoms with Gasteiger partial charge >= 0.3 is 0 Å². The molecule has 0 amide bonds. The van der Waals surface area contributed by atoms with Gasteiger partial charge in [0.1, 0.15) is 12.2 Å². The van der Waals surface area contributed by atoms with Crippen LogP contribution >= 0.6 is 11.3 Å². The number of fused-ring (bicyclic) bond motifs is 1. The van der Waals surface area contributed by atoms with Gasteiger partial charge in [-0.2, -0.15) is 5.26 Å². The number of nitriles is 1. The van der Waals surface area contributed by atoms with Crippen LogP contribution in [0.25, 0.3) is 26.8 Å². The molecule has 1 aromatic heterocycles. The summed E-state index contributed by atoms with van der Waals surface area (Å²) >= 11 is 1.42. The molecule has 0 aliphatic carbocycles. The number of aliphatic hydroxyl groups excluding tert-OH is 2. The van der Waals surface area contributed by atoms with Crippen LogP contribution in [0.2, 0.25) is 0 Å². The first-order valence-electron chi connectivity index (χ1n) is 12.7. The van der Waals surface area contributed by atoms with Gasteiger partial charge < -0.3 is 19.8 Å². The topological polar surface area (TPSA) is 123 Å². The Morgan fingerprint density at radius 3 is 2.55 bits per heavy atom. The lowest BCUT2D eigenvalue weighted by molar-refractivity contribution is -0.131. The maximum Gasteiger partial charge on any atom is 0.251 e. The second kappa shape index (κ2) is 11.9. The van der Waals surface area contributed by atoms with Gasteiger partial charge in [-0.15, -0.1) is 11.3 Å². The largest absolute Gasteiger partial charge is 0.390 e. The van der Waals surface area contributed by atoms with Gasteiger partial charge in [-0.05, 0) is 79.4 Å². The third-order valence-electron chi connectivity index (χ3n) is 6.92. The van der Waals surface area contributed by atoms with Crippen molar-refractivity contribution in [2.75, 3.05) is 31.1 Å². The van der Waals surface area contributed by atoms with E-state index in [9.17, 15) is 23.9 Å². The number of nitrogens with zero attached hydrogens (tertiary/aromatic N) is 2. The zero-order valence-electron chi connectivity index (χ0n) is 21.7. The summed E-state index contributed by atoms with van der Waals surface area (Å²) in [5.74, 6) is 0. The fourth-order valence-corrected chi connectivity index (χ4v) is 6.86. The summed E-state index contributed by atoms with van der Waals surface area (Å²) in [6.45, 7) is 7.75. The number of nitrogens with one attached hydrogen (secondary N) is 1. The molecule has 10 heteroatoms. The number of anilines is 1. The zero-order chi connectivity index (χ0) is 27.4. The average Bonchev–Trinajstić information content (AvgIpc) is 3.41. The molecule has 3 atom stereocenters. The van der Waals surface area contributed by atoms with Crippen LogP contribution in [0, 0.1) is 11.3 Å². The quantitative estimate of drug-likeness (QED) is 0.340. The third kappa shape index (κ3) is 5.94. The maximum atomic E-state index is 13.0. The SMILES string of the molecule is CCN(CC)c1ccc2cc(-c3ccc(/C(C)=C(\C#N)S(=O)(=O)NC[C@H]4OCC[C@@H](O)[C@@H]4O)s3)ccc2c1. The van der Waals surface area contributed by atoms with Crippen LogP contribution in [-0.2, 0) is 14.8 Å². The van der Waals surface area contributed by atoms with Crippen LogP contribution in [0.5, 0.6) is 0 Å². The highest BCUT2D eigenvalue weighted by atomic mass is 32.2. The molecule has 1 saturated heterocycles. The molecule has 0 radical (unpaired) electrons. The van der Waals surface area contributed by atoms with Gasteiger partial charge in [0.2, 0.25) is 0 Å². The molecule has 0 unspecified atom stereocenters. The number of thiophene rings is 1. The summed E-state index contributed by atoms with van der Waals surface area (Å²) in [7, 11) is -4.16. The first-order valence-corrected chi connectivity index (χ1v) is 15.0. The molecule has 0 saturated carbocycles. The molecule has 3 N–H and O–H groups in total. The van der Waals surface area contributed by atoms with Crippen molar-refractivity contribution in [2.24, 2.45) is 0 Å². The van der Waals surface area contributed by atoms with Crippen LogP contribution in [0.3, 0.4) is 0 Å². The van der Waals surface area contributed by atoms with Crippen LogP contribution in [0.4, 0.5) is 5.69 Å². The Morgan fingerprint density at radius 2 is 1.84 bits per heavy atom. The molecule has 8 nitrogen and oxygen atoms in total. The number of hydrogen-bond donors (Lipinski definition) is 3. The minimum absolute atomic E-state index is 0.217. The second-order valence-corrected chi connectivity index (χ2v) is 12.0. The number of hydrogen-bond acceptors (Lipinski definition) is 8. The summed E-state index contributed by atoms with van der Waals surface area (Å²) in [6, 6.07) is 18.3. The lowest BCUT2D eigenvalue weighted by atomic mass is 10.0. The van der Waals surface area contributed by atoms with Crippen molar-refractivity contribution in [3.63, 3.8) is 0 Å². The molecule has 2 aromatic carbocycles. The highest BCUT2D eigenvalue weighted by molar-refractivity contribution is 7.93. The average molecular weight is 556 g/mol. The van der Waals surface area contributed by atoms with Gasteiger partial charge in [-0.3, -0.25) is 0 Å². The molecule has 0 bridgehead atoms. The number of sulfonamides is 1. The highest BCUT2D eigenvalue weighted by Gasteiger charge is 2.33. The Bertz CT molecular complexity index is 1470. The number of aliphatic hydroxyl groups is 2.